The number of allylic oxidation sites excluding steroid dienone is 2. The van der Waals surface area contributed by atoms with Crippen LogP contribution in [0.3, 0.4) is 0 Å². The lowest BCUT2D eigenvalue weighted by atomic mass is 9.82. The van der Waals surface area contributed by atoms with Crippen LogP contribution in [-0.2, 0) is 20.4 Å². The molecule has 1 aliphatic rings. The number of methoxy groups -OCH3 is 1. The number of carbonyl (C=O) groups excluding carboxylic acids is 1. The van der Waals surface area contributed by atoms with E-state index in [-0.39, 0.29) is 48.0 Å². The first-order valence-electron chi connectivity index (χ1n) is 10.2. The molecule has 0 saturated carbocycles. The largest absolute Gasteiger partial charge is 0.462 e. The van der Waals surface area contributed by atoms with Gasteiger partial charge in [0.15, 0.2) is 0 Å². The summed E-state index contributed by atoms with van der Waals surface area (Å²) in [5.41, 5.74) is -0.824. The molecule has 0 fully saturated rings. The maximum Gasteiger partial charge on any atom is 0.416 e. The van der Waals surface area contributed by atoms with Crippen LogP contribution in [0.5, 0.6) is 0 Å². The number of nitrogens with zero attached hydrogens (tertiary/aromatic N) is 1. The second-order valence-electron chi connectivity index (χ2n) is 7.76. The van der Waals surface area contributed by atoms with Gasteiger partial charge in [-0.25, -0.2) is 9.18 Å². The van der Waals surface area contributed by atoms with Gasteiger partial charge in [-0.1, -0.05) is 26.3 Å². The van der Waals surface area contributed by atoms with E-state index in [2.05, 4.69) is 5.32 Å². The third kappa shape index (κ3) is 5.88. The maximum atomic E-state index is 13.8. The average molecular weight is 454 g/mol. The second-order valence-corrected chi connectivity index (χ2v) is 7.76. The third-order valence-electron chi connectivity index (χ3n) is 5.41. The minimum absolute atomic E-state index is 0.0497. The van der Waals surface area contributed by atoms with E-state index in [4.69, 9.17) is 9.47 Å². The first-order valence-corrected chi connectivity index (χ1v) is 10.2. The lowest BCUT2D eigenvalue weighted by Crippen LogP contribution is -2.25. The lowest BCUT2D eigenvalue weighted by molar-refractivity contribution is -0.142. The molecule has 1 aromatic rings. The van der Waals surface area contributed by atoms with Crippen molar-refractivity contribution in [1.29, 1.82) is 5.26 Å². The molecule has 5 nitrogen and oxygen atoms in total. The van der Waals surface area contributed by atoms with Gasteiger partial charge in [-0.2, -0.15) is 18.4 Å². The van der Waals surface area contributed by atoms with Crippen molar-refractivity contribution < 1.29 is 31.8 Å². The molecular weight excluding hydrogens is 428 g/mol. The Labute approximate surface area is 184 Å². The Morgan fingerprint density at radius 1 is 1.38 bits per heavy atom. The molecule has 0 radical (unpaired) electrons. The molecule has 0 saturated heterocycles. The molecule has 1 aliphatic heterocycles. The van der Waals surface area contributed by atoms with Crippen LogP contribution in [0.15, 0.2) is 40.7 Å². The van der Waals surface area contributed by atoms with Gasteiger partial charge in [-0.05, 0) is 37.0 Å². The Bertz CT molecular complexity index is 961. The van der Waals surface area contributed by atoms with Crippen molar-refractivity contribution in [1.82, 2.24) is 5.32 Å². The van der Waals surface area contributed by atoms with Crippen LogP contribution < -0.4 is 5.32 Å². The summed E-state index contributed by atoms with van der Waals surface area (Å²) in [5, 5.41) is 12.5. The molecule has 2 rings (SSSR count). The summed E-state index contributed by atoms with van der Waals surface area (Å²) in [7, 11) is 1.37. The number of ether oxygens (including phenoxy) is 2. The minimum Gasteiger partial charge on any atom is -0.462 e. The van der Waals surface area contributed by atoms with Crippen LogP contribution in [0.1, 0.15) is 50.7 Å². The zero-order valence-corrected chi connectivity index (χ0v) is 18.4. The number of rotatable bonds is 7. The van der Waals surface area contributed by atoms with E-state index in [0.29, 0.717) is 11.8 Å². The molecule has 0 aromatic heterocycles. The van der Waals surface area contributed by atoms with Gasteiger partial charge in [-0.3, -0.25) is 0 Å². The normalized spacial score (nSPS) is 18.0. The van der Waals surface area contributed by atoms with Gasteiger partial charge in [0, 0.05) is 24.3 Å². The zero-order valence-electron chi connectivity index (χ0n) is 18.4. The molecule has 9 heteroatoms. The van der Waals surface area contributed by atoms with E-state index in [1.807, 2.05) is 19.9 Å². The van der Waals surface area contributed by atoms with Crippen LogP contribution in [0.25, 0.3) is 0 Å². The number of halogens is 4. The molecule has 32 heavy (non-hydrogen) atoms. The highest BCUT2D eigenvalue weighted by atomic mass is 19.4. The van der Waals surface area contributed by atoms with Gasteiger partial charge in [0.05, 0.1) is 36.1 Å². The third-order valence-corrected chi connectivity index (χ3v) is 5.41. The first kappa shape index (κ1) is 25.4. The molecule has 2 atom stereocenters. The molecule has 1 heterocycles. The van der Waals surface area contributed by atoms with Gasteiger partial charge in [0.2, 0.25) is 0 Å². The molecular formula is C23H26F4N2O3. The van der Waals surface area contributed by atoms with Gasteiger partial charge in [0.25, 0.3) is 0 Å². The van der Waals surface area contributed by atoms with Crippen LogP contribution in [0, 0.1) is 23.1 Å². The predicted molar refractivity (Wildman–Crippen MR) is 110 cm³/mol. The molecule has 0 spiro atoms. The fourth-order valence-electron chi connectivity index (χ4n) is 3.45. The summed E-state index contributed by atoms with van der Waals surface area (Å²) < 4.78 is 65.7. The summed E-state index contributed by atoms with van der Waals surface area (Å²) in [6, 6.07) is 4.30. The van der Waals surface area contributed by atoms with Crippen LogP contribution in [0.4, 0.5) is 17.6 Å². The molecule has 0 amide bonds. The van der Waals surface area contributed by atoms with Crippen LogP contribution in [-0.4, -0.2) is 26.3 Å². The zero-order chi connectivity index (χ0) is 24.1. The summed E-state index contributed by atoms with van der Waals surface area (Å²) >= 11 is 0. The number of esters is 1. The van der Waals surface area contributed by atoms with Crippen molar-refractivity contribution in [3.8, 4) is 6.07 Å². The minimum atomic E-state index is -4.87. The van der Waals surface area contributed by atoms with E-state index < -0.39 is 29.4 Å². The standard InChI is InChI=1S/C23H26F4N2O3/c1-5-13(2)11-32-22(30)21-18(8-15(10-28)14(3)29-20(21)12-31-4)17-7-6-16(24)9-19(17)23(25,26)27/h6-7,9,13,18,29H,5,8,11-12H2,1-4H3. The number of carbonyl (C=O) groups is 1. The van der Waals surface area contributed by atoms with E-state index in [1.54, 1.807) is 6.92 Å². The summed E-state index contributed by atoms with van der Waals surface area (Å²) in [4.78, 5) is 13.1. The SMILES string of the molecule is CCC(C)COC(=O)C1=C(COC)NC(C)=C(C#N)CC1c1ccc(F)cc1C(F)(F)F. The van der Waals surface area contributed by atoms with Gasteiger partial charge in [-0.15, -0.1) is 0 Å². The molecule has 1 aromatic carbocycles. The summed E-state index contributed by atoms with van der Waals surface area (Å²) in [5.74, 6) is -3.00. The van der Waals surface area contributed by atoms with E-state index >= 15 is 0 Å². The van der Waals surface area contributed by atoms with E-state index in [9.17, 15) is 27.6 Å². The van der Waals surface area contributed by atoms with Crippen molar-refractivity contribution in [3.63, 3.8) is 0 Å². The van der Waals surface area contributed by atoms with Crippen molar-refractivity contribution >= 4 is 5.97 Å². The van der Waals surface area contributed by atoms with Crippen molar-refractivity contribution in [3.05, 3.63) is 57.7 Å². The molecule has 2 unspecified atom stereocenters. The second kappa shape index (κ2) is 10.6. The Balaban J connectivity index is 2.73. The van der Waals surface area contributed by atoms with Gasteiger partial charge >= 0.3 is 12.1 Å². The smallest absolute Gasteiger partial charge is 0.416 e. The fraction of sp³-hybridized carbons (Fsp3) is 0.478. The highest BCUT2D eigenvalue weighted by Gasteiger charge is 2.40. The molecule has 0 bridgehead atoms. The van der Waals surface area contributed by atoms with Crippen molar-refractivity contribution in [2.75, 3.05) is 20.3 Å². The van der Waals surface area contributed by atoms with Crippen LogP contribution >= 0.6 is 0 Å². The van der Waals surface area contributed by atoms with Gasteiger partial charge < -0.3 is 14.8 Å². The Morgan fingerprint density at radius 3 is 2.62 bits per heavy atom. The van der Waals surface area contributed by atoms with Crippen molar-refractivity contribution in [2.45, 2.75) is 45.7 Å². The molecule has 1 N–H and O–H groups in total. The number of hydrogen-bond donors (Lipinski definition) is 1. The van der Waals surface area contributed by atoms with E-state index in [0.717, 1.165) is 18.6 Å². The monoisotopic (exact) mass is 454 g/mol. The summed E-state index contributed by atoms with van der Waals surface area (Å²) in [6.45, 7) is 5.35. The Hall–Kier alpha value is -2.86. The summed E-state index contributed by atoms with van der Waals surface area (Å²) in [6.07, 6.45) is -4.31. The quantitative estimate of drug-likeness (QED) is 0.453. The number of nitriles is 1. The number of alkyl halides is 3. The highest BCUT2D eigenvalue weighted by molar-refractivity contribution is 5.91. The first-order chi connectivity index (χ1) is 15.0. The Kier molecular flexibility index (Phi) is 8.44. The average Bonchev–Trinajstić information content (AvgIpc) is 2.87. The number of benzene rings is 1. The van der Waals surface area contributed by atoms with Gasteiger partial charge in [0.1, 0.15) is 5.82 Å². The van der Waals surface area contributed by atoms with Crippen molar-refractivity contribution in [2.24, 2.45) is 5.92 Å². The Morgan fingerprint density at radius 2 is 2.06 bits per heavy atom. The predicted octanol–water partition coefficient (Wildman–Crippen LogP) is 5.21. The van der Waals surface area contributed by atoms with Crippen LogP contribution in [0.2, 0.25) is 0 Å². The molecule has 174 valence electrons. The molecule has 0 aliphatic carbocycles. The number of nitrogens with one attached hydrogen (secondary N) is 1. The van der Waals surface area contributed by atoms with E-state index in [1.165, 1.54) is 7.11 Å². The number of hydrogen-bond acceptors (Lipinski definition) is 5. The highest BCUT2D eigenvalue weighted by Crippen LogP contribution is 2.43. The topological polar surface area (TPSA) is 71.3 Å². The fourth-order valence-corrected chi connectivity index (χ4v) is 3.45. The lowest BCUT2D eigenvalue weighted by Gasteiger charge is -2.24. The maximum absolute atomic E-state index is 13.8.